The van der Waals surface area contributed by atoms with Crippen LogP contribution in [0.5, 0.6) is 0 Å². The van der Waals surface area contributed by atoms with Crippen LogP contribution in [0.25, 0.3) is 10.9 Å². The molecule has 1 aliphatic rings. The maximum atomic E-state index is 13.1. The van der Waals surface area contributed by atoms with Crippen LogP contribution in [0, 0.1) is 6.92 Å². The second-order valence-corrected chi connectivity index (χ2v) is 7.92. The molecule has 0 spiro atoms. The maximum absolute atomic E-state index is 13.1. The number of benzene rings is 1. The minimum Gasteiger partial charge on any atom is -0.361 e. The summed E-state index contributed by atoms with van der Waals surface area (Å²) in [6.07, 6.45) is 5.12. The van der Waals surface area contributed by atoms with E-state index in [-0.39, 0.29) is 29.0 Å². The van der Waals surface area contributed by atoms with Gasteiger partial charge in [0.15, 0.2) is 0 Å². The molecule has 0 saturated carbocycles. The first-order valence-electron chi connectivity index (χ1n) is 10.3. The van der Waals surface area contributed by atoms with Crippen LogP contribution in [-0.4, -0.2) is 45.4 Å². The Morgan fingerprint density at radius 1 is 1.23 bits per heavy atom. The van der Waals surface area contributed by atoms with Crippen LogP contribution in [0.15, 0.2) is 47.5 Å². The average Bonchev–Trinajstić information content (AvgIpc) is 3.34. The zero-order valence-corrected chi connectivity index (χ0v) is 17.3. The molecule has 7 nitrogen and oxygen atoms in total. The Kier molecular flexibility index (Phi) is 5.44. The van der Waals surface area contributed by atoms with Crippen LogP contribution in [0.3, 0.4) is 0 Å². The quantitative estimate of drug-likeness (QED) is 0.681. The number of para-hydroxylation sites is 1. The van der Waals surface area contributed by atoms with Gasteiger partial charge < -0.3 is 19.8 Å². The van der Waals surface area contributed by atoms with Crippen molar-refractivity contribution in [1.29, 1.82) is 0 Å². The van der Waals surface area contributed by atoms with Gasteiger partial charge in [-0.1, -0.05) is 18.2 Å². The van der Waals surface area contributed by atoms with Gasteiger partial charge in [-0.05, 0) is 43.0 Å². The topological polar surface area (TPSA) is 87.2 Å². The number of pyridine rings is 1. The standard InChI is InChI=1S/C23H26N4O3/c1-15-7-10-26(11-8-17-13-24-20-6-4-3-5-19(17)20)22(29)21(15)23(30)27-12-9-18(14-27)25-16(2)28/h3-7,10,13,18,24H,8-9,11-12,14H2,1-2H3,(H,25,28). The molecule has 3 aromatic rings. The van der Waals surface area contributed by atoms with E-state index in [4.69, 9.17) is 0 Å². The minimum atomic E-state index is -0.261. The van der Waals surface area contributed by atoms with E-state index in [9.17, 15) is 14.4 Å². The van der Waals surface area contributed by atoms with Crippen LogP contribution in [0.2, 0.25) is 0 Å². The summed E-state index contributed by atoms with van der Waals surface area (Å²) in [6, 6.07) is 9.84. The number of nitrogens with one attached hydrogen (secondary N) is 2. The molecular formula is C23H26N4O3. The third-order valence-corrected chi connectivity index (χ3v) is 5.77. The molecule has 0 bridgehead atoms. The molecule has 3 heterocycles. The van der Waals surface area contributed by atoms with Gasteiger partial charge in [0.2, 0.25) is 5.91 Å². The zero-order valence-electron chi connectivity index (χ0n) is 17.3. The van der Waals surface area contributed by atoms with Crippen molar-refractivity contribution in [1.82, 2.24) is 19.8 Å². The maximum Gasteiger partial charge on any atom is 0.263 e. The number of hydrogen-bond acceptors (Lipinski definition) is 3. The first-order valence-corrected chi connectivity index (χ1v) is 10.3. The van der Waals surface area contributed by atoms with Crippen LogP contribution in [0.1, 0.15) is 34.8 Å². The van der Waals surface area contributed by atoms with E-state index in [0.29, 0.717) is 38.0 Å². The highest BCUT2D eigenvalue weighted by Gasteiger charge is 2.29. The Morgan fingerprint density at radius 3 is 2.83 bits per heavy atom. The molecule has 2 N–H and O–H groups in total. The number of carbonyl (C=O) groups excluding carboxylic acids is 2. The number of aromatic amines is 1. The summed E-state index contributed by atoms with van der Waals surface area (Å²) in [5.74, 6) is -0.364. The monoisotopic (exact) mass is 406 g/mol. The first kappa shape index (κ1) is 19.9. The fraction of sp³-hybridized carbons (Fsp3) is 0.348. The van der Waals surface area contributed by atoms with Crippen molar-refractivity contribution >= 4 is 22.7 Å². The van der Waals surface area contributed by atoms with E-state index in [0.717, 1.165) is 16.5 Å². The number of likely N-dealkylation sites (tertiary alicyclic amines) is 1. The predicted molar refractivity (Wildman–Crippen MR) is 116 cm³/mol. The van der Waals surface area contributed by atoms with Crippen molar-refractivity contribution < 1.29 is 9.59 Å². The van der Waals surface area contributed by atoms with Gasteiger partial charge in [0, 0.05) is 55.9 Å². The highest BCUT2D eigenvalue weighted by atomic mass is 16.2. The molecule has 1 fully saturated rings. The van der Waals surface area contributed by atoms with Gasteiger partial charge in [0.05, 0.1) is 0 Å². The Labute approximate surface area is 174 Å². The molecule has 1 saturated heterocycles. The minimum absolute atomic E-state index is 0.0560. The van der Waals surface area contributed by atoms with Gasteiger partial charge in [0.25, 0.3) is 11.5 Å². The Balaban J connectivity index is 1.53. The lowest BCUT2D eigenvalue weighted by Crippen LogP contribution is -2.40. The Morgan fingerprint density at radius 2 is 2.03 bits per heavy atom. The SMILES string of the molecule is CC(=O)NC1CCN(C(=O)c2c(C)ccn(CCc3c[nH]c4ccccc34)c2=O)C1. The summed E-state index contributed by atoms with van der Waals surface area (Å²) in [7, 11) is 0. The smallest absolute Gasteiger partial charge is 0.263 e. The summed E-state index contributed by atoms with van der Waals surface area (Å²) >= 11 is 0. The molecular weight excluding hydrogens is 380 g/mol. The van der Waals surface area contributed by atoms with Crippen molar-refractivity contribution in [2.24, 2.45) is 0 Å². The predicted octanol–water partition coefficient (Wildman–Crippen LogP) is 2.23. The summed E-state index contributed by atoms with van der Waals surface area (Å²) in [5.41, 5.74) is 2.85. The number of hydrogen-bond donors (Lipinski definition) is 2. The molecule has 1 aliphatic heterocycles. The van der Waals surface area contributed by atoms with Crippen molar-refractivity contribution in [3.8, 4) is 0 Å². The normalized spacial score (nSPS) is 16.2. The van der Waals surface area contributed by atoms with Crippen LogP contribution < -0.4 is 10.9 Å². The number of H-pyrrole nitrogens is 1. The molecule has 1 atom stereocenters. The molecule has 1 unspecified atom stereocenters. The molecule has 0 aliphatic carbocycles. The van der Waals surface area contributed by atoms with Crippen molar-refractivity contribution in [2.45, 2.75) is 39.3 Å². The average molecular weight is 406 g/mol. The number of amides is 2. The summed E-state index contributed by atoms with van der Waals surface area (Å²) in [4.78, 5) is 42.4. The largest absolute Gasteiger partial charge is 0.361 e. The third-order valence-electron chi connectivity index (χ3n) is 5.77. The van der Waals surface area contributed by atoms with Crippen LogP contribution >= 0.6 is 0 Å². The first-order chi connectivity index (χ1) is 14.4. The summed E-state index contributed by atoms with van der Waals surface area (Å²) in [5, 5.41) is 4.00. The molecule has 2 amide bonds. The van der Waals surface area contributed by atoms with E-state index in [1.807, 2.05) is 30.5 Å². The van der Waals surface area contributed by atoms with Crippen molar-refractivity contribution in [3.63, 3.8) is 0 Å². The van der Waals surface area contributed by atoms with Gasteiger partial charge in [-0.15, -0.1) is 0 Å². The number of carbonyl (C=O) groups is 2. The highest BCUT2D eigenvalue weighted by molar-refractivity contribution is 5.95. The fourth-order valence-corrected chi connectivity index (χ4v) is 4.19. The zero-order chi connectivity index (χ0) is 21.3. The third kappa shape index (κ3) is 3.87. The van der Waals surface area contributed by atoms with Gasteiger partial charge in [-0.3, -0.25) is 14.4 Å². The van der Waals surface area contributed by atoms with Gasteiger partial charge >= 0.3 is 0 Å². The number of nitrogens with zero attached hydrogens (tertiary/aromatic N) is 2. The van der Waals surface area contributed by atoms with E-state index in [1.54, 1.807) is 22.6 Å². The molecule has 156 valence electrons. The molecule has 30 heavy (non-hydrogen) atoms. The van der Waals surface area contributed by atoms with E-state index < -0.39 is 0 Å². The van der Waals surface area contributed by atoms with Gasteiger partial charge in [-0.25, -0.2) is 0 Å². The molecule has 0 radical (unpaired) electrons. The second kappa shape index (κ2) is 8.18. The lowest BCUT2D eigenvalue weighted by atomic mass is 10.1. The van der Waals surface area contributed by atoms with E-state index in [2.05, 4.69) is 16.4 Å². The van der Waals surface area contributed by atoms with Gasteiger partial charge in [-0.2, -0.15) is 0 Å². The van der Waals surface area contributed by atoms with E-state index >= 15 is 0 Å². The number of aryl methyl sites for hydroxylation is 3. The lowest BCUT2D eigenvalue weighted by molar-refractivity contribution is -0.119. The molecule has 4 rings (SSSR count). The fourth-order valence-electron chi connectivity index (χ4n) is 4.19. The van der Waals surface area contributed by atoms with Gasteiger partial charge in [0.1, 0.15) is 5.56 Å². The van der Waals surface area contributed by atoms with Crippen molar-refractivity contribution in [2.75, 3.05) is 13.1 Å². The van der Waals surface area contributed by atoms with E-state index in [1.165, 1.54) is 6.92 Å². The summed E-state index contributed by atoms with van der Waals surface area (Å²) in [6.45, 7) is 4.72. The molecule has 7 heteroatoms. The highest BCUT2D eigenvalue weighted by Crippen LogP contribution is 2.19. The number of rotatable bonds is 5. The Hall–Kier alpha value is -3.35. The Bertz CT molecular complexity index is 1160. The second-order valence-electron chi connectivity index (χ2n) is 7.92. The van der Waals surface area contributed by atoms with Crippen LogP contribution in [0.4, 0.5) is 0 Å². The van der Waals surface area contributed by atoms with Crippen LogP contribution in [-0.2, 0) is 17.8 Å². The molecule has 1 aromatic carbocycles. The number of aromatic nitrogens is 2. The number of fused-ring (bicyclic) bond motifs is 1. The molecule has 2 aromatic heterocycles. The lowest BCUT2D eigenvalue weighted by Gasteiger charge is -2.18. The van der Waals surface area contributed by atoms with Crippen molar-refractivity contribution in [3.05, 3.63) is 69.8 Å². The summed E-state index contributed by atoms with van der Waals surface area (Å²) < 4.78 is 1.61.